The van der Waals surface area contributed by atoms with Gasteiger partial charge in [-0.2, -0.15) is 0 Å². The van der Waals surface area contributed by atoms with E-state index in [2.05, 4.69) is 4.98 Å². The fraction of sp³-hybridized carbons (Fsp3) is 0.167. The zero-order chi connectivity index (χ0) is 12.0. The van der Waals surface area contributed by atoms with E-state index in [-0.39, 0.29) is 11.4 Å². The van der Waals surface area contributed by atoms with Crippen LogP contribution in [0.25, 0.3) is 0 Å². The molecule has 2 heterocycles. The third kappa shape index (κ3) is 1.39. The van der Waals surface area contributed by atoms with Crippen molar-refractivity contribution >= 4 is 0 Å². The predicted molar refractivity (Wildman–Crippen MR) is 61.6 cm³/mol. The highest BCUT2D eigenvalue weighted by atomic mass is 16.5. The fourth-order valence-corrected chi connectivity index (χ4v) is 1.94. The molecule has 5 heteroatoms. The molecule has 1 aliphatic rings. The van der Waals surface area contributed by atoms with Crippen LogP contribution < -0.4 is 16.0 Å². The molecule has 1 aromatic heterocycles. The van der Waals surface area contributed by atoms with Crippen LogP contribution in [0.4, 0.5) is 0 Å². The minimum absolute atomic E-state index is 0.261. The summed E-state index contributed by atoms with van der Waals surface area (Å²) in [5, 5.41) is 0. The normalized spacial score (nSPS) is 12.5. The van der Waals surface area contributed by atoms with Crippen molar-refractivity contribution in [2.75, 3.05) is 0 Å². The average molecular weight is 230 g/mol. The number of rotatable bonds is 0. The first-order valence-electron chi connectivity index (χ1n) is 5.25. The maximum atomic E-state index is 11.9. The molecule has 0 fully saturated rings. The molecule has 1 aliphatic heterocycles. The third-order valence-electron chi connectivity index (χ3n) is 2.91. The van der Waals surface area contributed by atoms with Crippen LogP contribution in [0, 0.1) is 0 Å². The van der Waals surface area contributed by atoms with Crippen molar-refractivity contribution in [3.8, 4) is 11.6 Å². The molecule has 0 bridgehead atoms. The quantitative estimate of drug-likeness (QED) is 0.620. The molecule has 2 aromatic rings. The molecule has 0 saturated heterocycles. The van der Waals surface area contributed by atoms with Gasteiger partial charge in [-0.15, -0.1) is 0 Å². The molecule has 0 atom stereocenters. The molecule has 3 rings (SSSR count). The van der Waals surface area contributed by atoms with Gasteiger partial charge in [-0.05, 0) is 11.6 Å². The van der Waals surface area contributed by atoms with E-state index in [1.807, 2.05) is 24.3 Å². The highest BCUT2D eigenvalue weighted by Gasteiger charge is 2.21. The Kier molecular flexibility index (Phi) is 1.95. The minimum Gasteiger partial charge on any atom is -0.440 e. The highest BCUT2D eigenvalue weighted by Crippen LogP contribution is 2.32. The van der Waals surface area contributed by atoms with Gasteiger partial charge in [-0.3, -0.25) is 14.3 Å². The van der Waals surface area contributed by atoms with Gasteiger partial charge in [-0.25, -0.2) is 4.79 Å². The zero-order valence-corrected chi connectivity index (χ0v) is 9.19. The van der Waals surface area contributed by atoms with Gasteiger partial charge in [0.2, 0.25) is 5.88 Å². The van der Waals surface area contributed by atoms with E-state index in [4.69, 9.17) is 4.74 Å². The Hall–Kier alpha value is -2.30. The number of hydrogen-bond acceptors (Lipinski definition) is 3. The number of aromatic amines is 1. The summed E-state index contributed by atoms with van der Waals surface area (Å²) in [5.74, 6) is 0.945. The SMILES string of the molecule is Cn1c(=O)[nH]c2c(c1=O)Cc1ccccc1O2. The van der Waals surface area contributed by atoms with Crippen molar-refractivity contribution in [3.63, 3.8) is 0 Å². The molecule has 0 aliphatic carbocycles. The lowest BCUT2D eigenvalue weighted by Crippen LogP contribution is -2.36. The largest absolute Gasteiger partial charge is 0.440 e. The number of H-pyrrole nitrogens is 1. The Morgan fingerprint density at radius 3 is 2.88 bits per heavy atom. The maximum absolute atomic E-state index is 11.9. The van der Waals surface area contributed by atoms with Crippen LogP contribution in [0.1, 0.15) is 11.1 Å². The molecule has 1 N–H and O–H groups in total. The Morgan fingerprint density at radius 1 is 1.29 bits per heavy atom. The lowest BCUT2D eigenvalue weighted by Gasteiger charge is -2.18. The minimum atomic E-state index is -0.465. The molecule has 0 spiro atoms. The zero-order valence-electron chi connectivity index (χ0n) is 9.19. The molecule has 17 heavy (non-hydrogen) atoms. The number of nitrogens with one attached hydrogen (secondary N) is 1. The number of hydrogen-bond donors (Lipinski definition) is 1. The topological polar surface area (TPSA) is 64.1 Å². The van der Waals surface area contributed by atoms with Gasteiger partial charge in [0, 0.05) is 13.5 Å². The van der Waals surface area contributed by atoms with E-state index >= 15 is 0 Å². The fourth-order valence-electron chi connectivity index (χ4n) is 1.94. The number of fused-ring (bicyclic) bond motifs is 2. The summed E-state index contributed by atoms with van der Waals surface area (Å²) in [4.78, 5) is 25.9. The predicted octanol–water partition coefficient (Wildman–Crippen LogP) is 0.770. The molecular weight excluding hydrogens is 220 g/mol. The van der Waals surface area contributed by atoms with Crippen LogP contribution in [0.2, 0.25) is 0 Å². The van der Waals surface area contributed by atoms with Crippen LogP contribution in [0.15, 0.2) is 33.9 Å². The van der Waals surface area contributed by atoms with Gasteiger partial charge in [0.1, 0.15) is 5.75 Å². The van der Waals surface area contributed by atoms with Crippen molar-refractivity contribution < 1.29 is 4.74 Å². The number of para-hydroxylation sites is 1. The van der Waals surface area contributed by atoms with Crippen molar-refractivity contribution in [3.05, 3.63) is 56.2 Å². The molecule has 5 nitrogen and oxygen atoms in total. The van der Waals surface area contributed by atoms with Crippen LogP contribution in [0.5, 0.6) is 11.6 Å². The van der Waals surface area contributed by atoms with E-state index in [1.165, 1.54) is 7.05 Å². The van der Waals surface area contributed by atoms with Crippen LogP contribution in [-0.2, 0) is 13.5 Å². The first kappa shape index (κ1) is 9.89. The summed E-state index contributed by atoms with van der Waals surface area (Å²) in [7, 11) is 1.45. The second-order valence-corrected chi connectivity index (χ2v) is 3.99. The second kappa shape index (κ2) is 3.35. The van der Waals surface area contributed by atoms with E-state index in [0.29, 0.717) is 17.7 Å². The van der Waals surface area contributed by atoms with Crippen molar-refractivity contribution in [1.82, 2.24) is 9.55 Å². The number of aromatic nitrogens is 2. The molecular formula is C12H10N2O3. The molecule has 0 saturated carbocycles. The summed E-state index contributed by atoms with van der Waals surface area (Å²) in [6, 6.07) is 7.46. The van der Waals surface area contributed by atoms with E-state index in [0.717, 1.165) is 10.1 Å². The van der Waals surface area contributed by atoms with Gasteiger partial charge in [-0.1, -0.05) is 18.2 Å². The number of nitrogens with zero attached hydrogens (tertiary/aromatic N) is 1. The molecule has 0 amide bonds. The lowest BCUT2D eigenvalue weighted by molar-refractivity contribution is 0.430. The van der Waals surface area contributed by atoms with Crippen molar-refractivity contribution in [2.45, 2.75) is 6.42 Å². The molecule has 86 valence electrons. The standard InChI is InChI=1S/C12H10N2O3/c1-14-11(15)8-6-7-4-2-3-5-9(7)17-10(8)13-12(14)16/h2-5H,6H2,1H3,(H,13,16). The molecule has 0 radical (unpaired) electrons. The van der Waals surface area contributed by atoms with Crippen LogP contribution >= 0.6 is 0 Å². The maximum Gasteiger partial charge on any atom is 0.330 e. The Bertz CT molecular complexity index is 712. The second-order valence-electron chi connectivity index (χ2n) is 3.99. The summed E-state index contributed by atoms with van der Waals surface area (Å²) in [6.45, 7) is 0. The van der Waals surface area contributed by atoms with E-state index < -0.39 is 5.69 Å². The number of benzene rings is 1. The van der Waals surface area contributed by atoms with Gasteiger partial charge >= 0.3 is 5.69 Å². The Balaban J connectivity index is 2.25. The summed E-state index contributed by atoms with van der Waals surface area (Å²) in [5.41, 5.74) is 0.668. The van der Waals surface area contributed by atoms with Gasteiger partial charge in [0.15, 0.2) is 0 Å². The van der Waals surface area contributed by atoms with Gasteiger partial charge < -0.3 is 4.74 Å². The van der Waals surface area contributed by atoms with Crippen molar-refractivity contribution in [2.24, 2.45) is 7.05 Å². The smallest absolute Gasteiger partial charge is 0.330 e. The summed E-state index contributed by atoms with van der Waals surface area (Å²) in [6.07, 6.45) is 0.481. The lowest BCUT2D eigenvalue weighted by atomic mass is 10.0. The Morgan fingerprint density at radius 2 is 2.06 bits per heavy atom. The highest BCUT2D eigenvalue weighted by molar-refractivity contribution is 5.45. The average Bonchev–Trinajstić information content (AvgIpc) is 2.34. The summed E-state index contributed by atoms with van der Waals surface area (Å²) >= 11 is 0. The first-order chi connectivity index (χ1) is 8.16. The van der Waals surface area contributed by atoms with Crippen molar-refractivity contribution in [1.29, 1.82) is 0 Å². The van der Waals surface area contributed by atoms with Crippen LogP contribution in [0.3, 0.4) is 0 Å². The Labute approximate surface area is 96.3 Å². The monoisotopic (exact) mass is 230 g/mol. The van der Waals surface area contributed by atoms with Gasteiger partial charge in [0.25, 0.3) is 5.56 Å². The molecule has 1 aromatic carbocycles. The van der Waals surface area contributed by atoms with Gasteiger partial charge in [0.05, 0.1) is 5.56 Å². The number of ether oxygens (including phenoxy) is 1. The summed E-state index contributed by atoms with van der Waals surface area (Å²) < 4.78 is 6.58. The molecule has 0 unspecified atom stereocenters. The third-order valence-corrected chi connectivity index (χ3v) is 2.91. The van der Waals surface area contributed by atoms with E-state index in [1.54, 1.807) is 0 Å². The first-order valence-corrected chi connectivity index (χ1v) is 5.25. The van der Waals surface area contributed by atoms with Crippen LogP contribution in [-0.4, -0.2) is 9.55 Å². The van der Waals surface area contributed by atoms with E-state index in [9.17, 15) is 9.59 Å².